The van der Waals surface area contributed by atoms with Crippen molar-refractivity contribution in [2.24, 2.45) is 0 Å². The van der Waals surface area contributed by atoms with Gasteiger partial charge in [-0.3, -0.25) is 0 Å². The van der Waals surface area contributed by atoms with Crippen molar-refractivity contribution in [2.45, 2.75) is 51.9 Å². The van der Waals surface area contributed by atoms with Gasteiger partial charge in [0.25, 0.3) is 0 Å². The minimum Gasteiger partial charge on any atom is -0.105 e. The lowest BCUT2D eigenvalue weighted by Crippen LogP contribution is -2.38. The quantitative estimate of drug-likeness (QED) is 0.571. The molecular weight excluding hydrogens is 284 g/mol. The molecule has 1 aromatic rings. The van der Waals surface area contributed by atoms with Gasteiger partial charge >= 0.3 is 15.1 Å². The highest BCUT2D eigenvalue weighted by Gasteiger charge is 2.51. The lowest BCUT2D eigenvalue weighted by Gasteiger charge is -2.36. The van der Waals surface area contributed by atoms with Crippen LogP contribution in [-0.2, 0) is 0 Å². The standard InChI is InChI=1S/C14H26B2P2S/c1-13(2,3)17(7,15)11-9-10-19-12(11)18(8,16)14(4,5)6/h9-10H,1-8H3/q+2. The summed E-state index contributed by atoms with van der Waals surface area (Å²) in [7, 11) is 10.2. The Labute approximate surface area is 127 Å². The van der Waals surface area contributed by atoms with E-state index in [4.69, 9.17) is 15.1 Å². The van der Waals surface area contributed by atoms with Gasteiger partial charge in [-0.1, -0.05) is 0 Å². The zero-order chi connectivity index (χ0) is 15.3. The molecule has 0 saturated heterocycles. The summed E-state index contributed by atoms with van der Waals surface area (Å²) in [6.07, 6.45) is 0. The van der Waals surface area contributed by atoms with E-state index in [1.165, 1.54) is 9.92 Å². The number of thiophene rings is 1. The molecule has 19 heavy (non-hydrogen) atoms. The van der Waals surface area contributed by atoms with E-state index < -0.39 is 14.3 Å². The number of rotatable bonds is 2. The van der Waals surface area contributed by atoms with Crippen molar-refractivity contribution in [1.29, 1.82) is 0 Å². The van der Waals surface area contributed by atoms with Gasteiger partial charge in [-0.05, 0) is 53.0 Å². The molecule has 5 heteroatoms. The minimum atomic E-state index is -1.68. The molecule has 1 rings (SSSR count). The molecule has 0 aliphatic heterocycles. The second-order valence-corrected chi connectivity index (χ2v) is 16.7. The fraction of sp³-hybridized carbons (Fsp3) is 0.714. The Balaban J connectivity index is 3.43. The molecule has 0 spiro atoms. The Morgan fingerprint density at radius 3 is 1.68 bits per heavy atom. The van der Waals surface area contributed by atoms with Gasteiger partial charge in [-0.2, -0.15) is 0 Å². The summed E-state index contributed by atoms with van der Waals surface area (Å²) in [5.41, 5.74) is 0. The lowest BCUT2D eigenvalue weighted by atomic mass is 10.2. The van der Waals surface area contributed by atoms with Crippen molar-refractivity contribution in [3.63, 3.8) is 0 Å². The first-order valence-corrected chi connectivity index (χ1v) is 12.1. The highest BCUT2D eigenvalue weighted by Crippen LogP contribution is 2.66. The third-order valence-electron chi connectivity index (χ3n) is 4.33. The average Bonchev–Trinajstić information content (AvgIpc) is 2.62. The summed E-state index contributed by atoms with van der Waals surface area (Å²) < 4.78 is 1.37. The third-order valence-corrected chi connectivity index (χ3v) is 14.9. The van der Waals surface area contributed by atoms with Crippen LogP contribution in [0.1, 0.15) is 41.5 Å². The van der Waals surface area contributed by atoms with E-state index in [-0.39, 0.29) is 10.3 Å². The predicted octanol–water partition coefficient (Wildman–Crippen LogP) is 4.06. The molecule has 0 bridgehead atoms. The van der Waals surface area contributed by atoms with Gasteiger partial charge in [-0.25, -0.2) is 0 Å². The van der Waals surface area contributed by atoms with Crippen LogP contribution >= 0.6 is 25.6 Å². The first-order valence-electron chi connectivity index (χ1n) is 6.62. The van der Waals surface area contributed by atoms with Crippen LogP contribution in [0.4, 0.5) is 0 Å². The molecule has 0 aliphatic carbocycles. The largest absolute Gasteiger partial charge is 0.372 e. The topological polar surface area (TPSA) is 0 Å². The van der Waals surface area contributed by atoms with Crippen LogP contribution in [0.3, 0.4) is 0 Å². The van der Waals surface area contributed by atoms with Crippen molar-refractivity contribution < 1.29 is 0 Å². The van der Waals surface area contributed by atoms with E-state index in [1.54, 1.807) is 11.3 Å². The highest BCUT2D eigenvalue weighted by atomic mass is 32.1. The molecule has 0 amide bonds. The van der Waals surface area contributed by atoms with E-state index in [2.05, 4.69) is 66.3 Å². The molecule has 0 N–H and O–H groups in total. The smallest absolute Gasteiger partial charge is 0.105 e. The van der Waals surface area contributed by atoms with Crippen molar-refractivity contribution >= 4 is 50.7 Å². The molecule has 0 aromatic carbocycles. The van der Waals surface area contributed by atoms with Crippen molar-refractivity contribution in [2.75, 3.05) is 13.3 Å². The Morgan fingerprint density at radius 2 is 1.32 bits per heavy atom. The highest BCUT2D eigenvalue weighted by molar-refractivity contribution is 8.10. The third kappa shape index (κ3) is 3.14. The van der Waals surface area contributed by atoms with Gasteiger partial charge in [0.1, 0.15) is 5.30 Å². The number of hydrogen-bond donors (Lipinski definition) is 0. The van der Waals surface area contributed by atoms with Crippen LogP contribution in [0, 0.1) is 0 Å². The second kappa shape index (κ2) is 5.15. The van der Waals surface area contributed by atoms with Crippen LogP contribution in [0.15, 0.2) is 11.4 Å². The first-order chi connectivity index (χ1) is 8.23. The Hall–Kier alpha value is 0.690. The molecule has 0 saturated carbocycles. The summed E-state index contributed by atoms with van der Waals surface area (Å²) >= 11 is 1.80. The predicted molar refractivity (Wildman–Crippen MR) is 100 cm³/mol. The normalized spacial score (nSPS) is 19.8. The first kappa shape index (κ1) is 17.7. The maximum Gasteiger partial charge on any atom is 0.372 e. The van der Waals surface area contributed by atoms with E-state index in [0.717, 1.165) is 0 Å². The maximum absolute atomic E-state index is 6.78. The van der Waals surface area contributed by atoms with Crippen LogP contribution < -0.4 is 9.92 Å². The van der Waals surface area contributed by atoms with Gasteiger partial charge in [0.05, 0.1) is 10.3 Å². The summed E-state index contributed by atoms with van der Waals surface area (Å²) in [5, 5.41) is 3.74. The zero-order valence-electron chi connectivity index (χ0n) is 13.6. The Bertz CT molecular complexity index is 410. The van der Waals surface area contributed by atoms with Crippen LogP contribution in [0.25, 0.3) is 0 Å². The van der Waals surface area contributed by atoms with E-state index in [0.29, 0.717) is 0 Å². The van der Waals surface area contributed by atoms with E-state index in [9.17, 15) is 0 Å². The minimum absolute atomic E-state index is 0.112. The Morgan fingerprint density at radius 1 is 0.895 bits per heavy atom. The molecule has 2 atom stereocenters. The molecule has 0 nitrogen and oxygen atoms in total. The molecule has 1 heterocycles. The monoisotopic (exact) mass is 310 g/mol. The summed E-state index contributed by atoms with van der Waals surface area (Å²) in [4.78, 5) is 0. The van der Waals surface area contributed by atoms with Gasteiger partial charge < -0.3 is 0 Å². The van der Waals surface area contributed by atoms with Crippen LogP contribution in [0.2, 0.25) is 0 Å². The summed E-state index contributed by atoms with van der Waals surface area (Å²) in [6.45, 7) is 17.9. The molecule has 1 aromatic heterocycles. The van der Waals surface area contributed by atoms with E-state index in [1.807, 2.05) is 0 Å². The van der Waals surface area contributed by atoms with Crippen LogP contribution in [0.5, 0.6) is 0 Å². The maximum atomic E-state index is 6.78. The van der Waals surface area contributed by atoms with Gasteiger partial charge in [0.15, 0.2) is 4.62 Å². The second-order valence-electron chi connectivity index (χ2n) is 7.60. The molecule has 2 unspecified atom stereocenters. The summed E-state index contributed by atoms with van der Waals surface area (Å²) in [6, 6.07) is 2.22. The van der Waals surface area contributed by atoms with Crippen LogP contribution in [-0.4, -0.2) is 38.8 Å². The molecular formula is C14H26B2P2S+2. The van der Waals surface area contributed by atoms with Gasteiger partial charge in [0, 0.05) is 27.6 Å². The van der Waals surface area contributed by atoms with Crippen molar-refractivity contribution in [3.8, 4) is 0 Å². The fourth-order valence-corrected chi connectivity index (χ4v) is 8.80. The van der Waals surface area contributed by atoms with Crippen molar-refractivity contribution in [1.82, 2.24) is 0 Å². The zero-order valence-corrected chi connectivity index (χ0v) is 16.2. The average molecular weight is 310 g/mol. The molecule has 102 valence electrons. The van der Waals surface area contributed by atoms with Gasteiger partial charge in [-0.15, -0.1) is 11.3 Å². The molecule has 0 fully saturated rings. The van der Waals surface area contributed by atoms with Crippen molar-refractivity contribution in [3.05, 3.63) is 11.4 Å². The van der Waals surface area contributed by atoms with E-state index >= 15 is 0 Å². The summed E-state index contributed by atoms with van der Waals surface area (Å²) in [5.74, 6) is 0. The SMILES string of the molecule is [B][P+](C)(c1ccsc1[P+]([B])(C)C(C)(C)C)C(C)(C)C. The Kier molecular flexibility index (Phi) is 4.81. The number of hydrogen-bond acceptors (Lipinski definition) is 1. The fourth-order valence-electron chi connectivity index (χ4n) is 1.66. The molecule has 0 aliphatic rings. The van der Waals surface area contributed by atoms with Gasteiger partial charge in [0.2, 0.25) is 0 Å². The lowest BCUT2D eigenvalue weighted by molar-refractivity contribution is 0.785. The molecule has 4 radical (unpaired) electrons.